The van der Waals surface area contributed by atoms with Crippen molar-refractivity contribution in [2.45, 2.75) is 77.6 Å². The van der Waals surface area contributed by atoms with Crippen LogP contribution in [-0.4, -0.2) is 48.7 Å². The van der Waals surface area contributed by atoms with Crippen LogP contribution in [0.4, 0.5) is 4.79 Å². The minimum atomic E-state index is -0.595. The van der Waals surface area contributed by atoms with Gasteiger partial charge in [-0.3, -0.25) is 4.57 Å². The van der Waals surface area contributed by atoms with E-state index >= 15 is 0 Å². The van der Waals surface area contributed by atoms with Crippen molar-refractivity contribution in [3.05, 3.63) is 64.8 Å². The van der Waals surface area contributed by atoms with E-state index in [1.165, 1.54) is 7.11 Å². The molecule has 0 spiro atoms. The van der Waals surface area contributed by atoms with Gasteiger partial charge in [0.1, 0.15) is 17.5 Å². The van der Waals surface area contributed by atoms with E-state index in [0.29, 0.717) is 5.56 Å². The molecule has 3 aromatic rings. The molecule has 1 saturated carbocycles. The summed E-state index contributed by atoms with van der Waals surface area (Å²) in [6.07, 6.45) is 3.91. The van der Waals surface area contributed by atoms with Crippen LogP contribution in [0.15, 0.2) is 42.6 Å². The van der Waals surface area contributed by atoms with Gasteiger partial charge in [-0.2, -0.15) is 0 Å². The molecule has 0 amide bonds. The van der Waals surface area contributed by atoms with Crippen LogP contribution in [0.5, 0.6) is 5.75 Å². The molecule has 7 nitrogen and oxygen atoms in total. The Morgan fingerprint density at radius 2 is 1.68 bits per heavy atom. The van der Waals surface area contributed by atoms with Crippen LogP contribution < -0.4 is 4.74 Å². The van der Waals surface area contributed by atoms with Gasteiger partial charge >= 0.3 is 12.1 Å². The Morgan fingerprint density at radius 3 is 2.30 bits per heavy atom. The maximum absolute atomic E-state index is 12.9. The van der Waals surface area contributed by atoms with Crippen molar-refractivity contribution in [3.8, 4) is 5.75 Å². The number of rotatable bonds is 5. The highest BCUT2D eigenvalue weighted by Crippen LogP contribution is 2.41. The number of fused-ring (bicyclic) bond motifs is 1. The Kier molecular flexibility index (Phi) is 7.64. The van der Waals surface area contributed by atoms with Crippen molar-refractivity contribution < 1.29 is 28.5 Å². The van der Waals surface area contributed by atoms with E-state index < -0.39 is 11.7 Å². The van der Waals surface area contributed by atoms with Crippen LogP contribution in [0.3, 0.4) is 0 Å². The maximum atomic E-state index is 12.9. The van der Waals surface area contributed by atoms with Gasteiger partial charge in [-0.05, 0) is 88.8 Å². The Labute approximate surface area is 218 Å². The van der Waals surface area contributed by atoms with Gasteiger partial charge in [-0.1, -0.05) is 18.2 Å². The van der Waals surface area contributed by atoms with Gasteiger partial charge in [-0.15, -0.1) is 0 Å². The maximum Gasteiger partial charge on any atom is 0.419 e. The molecule has 0 aliphatic heterocycles. The lowest BCUT2D eigenvalue weighted by atomic mass is 9.79. The van der Waals surface area contributed by atoms with E-state index in [-0.39, 0.29) is 24.1 Å². The molecular weight excluding hydrogens is 470 g/mol. The summed E-state index contributed by atoms with van der Waals surface area (Å²) in [4.78, 5) is 24.8. The predicted molar refractivity (Wildman–Crippen MR) is 143 cm³/mol. The number of hydrogen-bond acceptors (Lipinski definition) is 6. The summed E-state index contributed by atoms with van der Waals surface area (Å²) in [5.41, 5.74) is 3.80. The molecule has 1 aliphatic rings. The third-order valence-electron chi connectivity index (χ3n) is 6.99. The summed E-state index contributed by atoms with van der Waals surface area (Å²) in [5, 5.41) is 0.886. The first-order valence-corrected chi connectivity index (χ1v) is 12.7. The molecule has 0 bridgehead atoms. The number of hydrogen-bond donors (Lipinski definition) is 0. The Hall–Kier alpha value is -3.32. The van der Waals surface area contributed by atoms with Crippen molar-refractivity contribution in [1.82, 2.24) is 4.57 Å². The topological polar surface area (TPSA) is 76.0 Å². The molecule has 0 N–H and O–H groups in total. The number of ether oxygens (including phenoxy) is 4. The van der Waals surface area contributed by atoms with E-state index in [2.05, 4.69) is 6.07 Å². The van der Waals surface area contributed by atoms with Gasteiger partial charge in [0.25, 0.3) is 0 Å². The molecule has 1 aromatic heterocycles. The second kappa shape index (κ2) is 10.6. The highest BCUT2D eigenvalue weighted by atomic mass is 16.6. The lowest BCUT2D eigenvalue weighted by Crippen LogP contribution is -2.35. The van der Waals surface area contributed by atoms with Crippen molar-refractivity contribution in [1.29, 1.82) is 0 Å². The van der Waals surface area contributed by atoms with Crippen LogP contribution in [-0.2, 0) is 14.2 Å². The Morgan fingerprint density at radius 1 is 0.973 bits per heavy atom. The fraction of sp³-hybridized carbons (Fsp3) is 0.467. The van der Waals surface area contributed by atoms with E-state index in [0.717, 1.165) is 52.6 Å². The average Bonchev–Trinajstić information content (AvgIpc) is 3.31. The molecule has 37 heavy (non-hydrogen) atoms. The smallest absolute Gasteiger partial charge is 0.419 e. The molecule has 1 fully saturated rings. The fourth-order valence-corrected chi connectivity index (χ4v) is 5.25. The molecule has 0 unspecified atom stereocenters. The summed E-state index contributed by atoms with van der Waals surface area (Å²) in [7, 11) is 3.13. The molecule has 198 valence electrons. The Bertz CT molecular complexity index is 1280. The lowest BCUT2D eigenvalue weighted by Gasteiger charge is -2.36. The molecule has 4 rings (SSSR count). The third kappa shape index (κ3) is 5.67. The SMILES string of the molecule is COC(=O)c1ccc([C@@H]2C[C@@H](OC)CC[C@H]2Oc2c(C)cc(C)c3c2ccn3C(=O)OC(C)(C)C)cc1. The van der Waals surface area contributed by atoms with Gasteiger partial charge in [0.05, 0.1) is 24.3 Å². The van der Waals surface area contributed by atoms with Crippen molar-refractivity contribution in [2.75, 3.05) is 14.2 Å². The standard InChI is InChI=1S/C30H37NO6/c1-18-16-19(2)27(23-14-15-31(26(18)23)29(33)37-30(3,4)5)36-25-13-12-22(34-6)17-24(25)20-8-10-21(11-9-20)28(32)35-7/h8-11,14-16,22,24-25H,12-13,17H2,1-7H3/t22-,24-,25+/m0/s1. The number of carbonyl (C=O) groups is 2. The number of nitrogens with zero attached hydrogens (tertiary/aromatic N) is 1. The first-order chi connectivity index (χ1) is 17.5. The number of methoxy groups -OCH3 is 2. The molecular formula is C30H37NO6. The molecule has 0 radical (unpaired) electrons. The number of aryl methyl sites for hydroxylation is 2. The zero-order valence-corrected chi connectivity index (χ0v) is 22.8. The molecule has 7 heteroatoms. The Balaban J connectivity index is 1.69. The zero-order valence-electron chi connectivity index (χ0n) is 22.8. The monoisotopic (exact) mass is 507 g/mol. The first-order valence-electron chi connectivity index (χ1n) is 12.7. The molecule has 1 aliphatic carbocycles. The van der Waals surface area contributed by atoms with Crippen LogP contribution in [0.1, 0.15) is 73.0 Å². The van der Waals surface area contributed by atoms with Crippen LogP contribution in [0.25, 0.3) is 10.9 Å². The normalized spacial score (nSPS) is 20.0. The quantitative estimate of drug-likeness (QED) is 0.364. The first kappa shape index (κ1) is 26.7. The van der Waals surface area contributed by atoms with Crippen molar-refractivity contribution in [3.63, 3.8) is 0 Å². The zero-order chi connectivity index (χ0) is 26.9. The van der Waals surface area contributed by atoms with Crippen LogP contribution in [0.2, 0.25) is 0 Å². The van der Waals surface area contributed by atoms with E-state index in [9.17, 15) is 9.59 Å². The lowest BCUT2D eigenvalue weighted by molar-refractivity contribution is 0.0193. The summed E-state index contributed by atoms with van der Waals surface area (Å²) in [6, 6.07) is 11.5. The summed E-state index contributed by atoms with van der Waals surface area (Å²) in [5.74, 6) is 0.499. The summed E-state index contributed by atoms with van der Waals surface area (Å²) in [6.45, 7) is 9.60. The highest BCUT2D eigenvalue weighted by molar-refractivity contribution is 5.96. The molecule has 3 atom stereocenters. The van der Waals surface area contributed by atoms with E-state index in [1.54, 1.807) is 30.0 Å². The van der Waals surface area contributed by atoms with Crippen molar-refractivity contribution >= 4 is 23.0 Å². The van der Waals surface area contributed by atoms with Gasteiger partial charge in [0.15, 0.2) is 0 Å². The van der Waals surface area contributed by atoms with Crippen LogP contribution >= 0.6 is 0 Å². The van der Waals surface area contributed by atoms with Gasteiger partial charge in [0.2, 0.25) is 0 Å². The van der Waals surface area contributed by atoms with Gasteiger partial charge in [-0.25, -0.2) is 9.59 Å². The largest absolute Gasteiger partial charge is 0.489 e. The van der Waals surface area contributed by atoms with E-state index in [4.69, 9.17) is 18.9 Å². The second-order valence-electron chi connectivity index (χ2n) is 10.8. The van der Waals surface area contributed by atoms with E-state index in [1.807, 2.05) is 52.8 Å². The summed E-state index contributed by atoms with van der Waals surface area (Å²) >= 11 is 0. The number of aromatic nitrogens is 1. The summed E-state index contributed by atoms with van der Waals surface area (Å²) < 4.78 is 24.6. The predicted octanol–water partition coefficient (Wildman–Crippen LogP) is 6.56. The van der Waals surface area contributed by atoms with Gasteiger partial charge in [0, 0.05) is 24.6 Å². The third-order valence-corrected chi connectivity index (χ3v) is 6.99. The number of carbonyl (C=O) groups excluding carboxylic acids is 2. The number of benzene rings is 2. The number of esters is 1. The second-order valence-corrected chi connectivity index (χ2v) is 10.8. The van der Waals surface area contributed by atoms with Crippen molar-refractivity contribution in [2.24, 2.45) is 0 Å². The average molecular weight is 508 g/mol. The minimum absolute atomic E-state index is 0.0779. The fourth-order valence-electron chi connectivity index (χ4n) is 5.25. The van der Waals surface area contributed by atoms with Gasteiger partial charge < -0.3 is 18.9 Å². The molecule has 2 aromatic carbocycles. The molecule has 0 saturated heterocycles. The highest BCUT2D eigenvalue weighted by Gasteiger charge is 2.34. The minimum Gasteiger partial charge on any atom is -0.489 e. The molecule has 1 heterocycles. The van der Waals surface area contributed by atoms with Crippen LogP contribution in [0, 0.1) is 13.8 Å².